The van der Waals surface area contributed by atoms with Crippen LogP contribution in [0.15, 0.2) is 36.4 Å². The standard InChI is InChI=1S/C17H21NS/c1-12(13(2)19)16-11-15(6-10-18-16)17-7-3-14(4-8-17)5-9-17/h6,10-11,14,19H,1-5,7-9H2. The molecule has 3 aliphatic rings. The highest BCUT2D eigenvalue weighted by Crippen LogP contribution is 2.51. The Balaban J connectivity index is 1.95. The summed E-state index contributed by atoms with van der Waals surface area (Å²) in [5.41, 5.74) is 3.63. The third kappa shape index (κ3) is 2.27. The van der Waals surface area contributed by atoms with Gasteiger partial charge in [0, 0.05) is 16.7 Å². The Morgan fingerprint density at radius 1 is 1.21 bits per heavy atom. The minimum absolute atomic E-state index is 0.407. The van der Waals surface area contributed by atoms with E-state index >= 15 is 0 Å². The molecule has 0 spiro atoms. The first-order valence-corrected chi connectivity index (χ1v) is 7.59. The molecular formula is C17H21NS. The first-order valence-electron chi connectivity index (χ1n) is 7.15. The minimum Gasteiger partial charge on any atom is -0.256 e. The number of allylic oxidation sites excluding steroid dienone is 1. The van der Waals surface area contributed by atoms with Crippen molar-refractivity contribution in [3.8, 4) is 0 Å². The average Bonchev–Trinajstić information content (AvgIpc) is 2.48. The monoisotopic (exact) mass is 271 g/mol. The second kappa shape index (κ2) is 4.82. The van der Waals surface area contributed by atoms with Crippen LogP contribution in [-0.4, -0.2) is 4.98 Å². The molecule has 1 aromatic rings. The molecular weight excluding hydrogens is 250 g/mol. The van der Waals surface area contributed by atoms with Crippen LogP contribution in [0.4, 0.5) is 0 Å². The van der Waals surface area contributed by atoms with Crippen molar-refractivity contribution in [2.45, 2.75) is 43.9 Å². The van der Waals surface area contributed by atoms with Gasteiger partial charge in [-0.05, 0) is 67.6 Å². The molecule has 1 heterocycles. The van der Waals surface area contributed by atoms with Gasteiger partial charge in [-0.25, -0.2) is 0 Å². The topological polar surface area (TPSA) is 12.9 Å². The molecule has 0 amide bonds. The quantitative estimate of drug-likeness (QED) is 0.618. The van der Waals surface area contributed by atoms with E-state index in [-0.39, 0.29) is 0 Å². The first kappa shape index (κ1) is 13.0. The highest BCUT2D eigenvalue weighted by molar-refractivity contribution is 7.85. The molecule has 1 nitrogen and oxygen atoms in total. The zero-order chi connectivity index (χ0) is 13.5. The van der Waals surface area contributed by atoms with Crippen molar-refractivity contribution < 1.29 is 0 Å². The highest BCUT2D eigenvalue weighted by Gasteiger charge is 2.41. The van der Waals surface area contributed by atoms with Crippen molar-refractivity contribution >= 4 is 18.2 Å². The molecule has 0 aromatic carbocycles. The molecule has 0 saturated heterocycles. The van der Waals surface area contributed by atoms with Crippen LogP contribution in [0.3, 0.4) is 0 Å². The van der Waals surface area contributed by atoms with Crippen molar-refractivity contribution in [2.24, 2.45) is 5.92 Å². The van der Waals surface area contributed by atoms with Crippen molar-refractivity contribution in [3.63, 3.8) is 0 Å². The van der Waals surface area contributed by atoms with E-state index in [4.69, 9.17) is 0 Å². The second-order valence-electron chi connectivity index (χ2n) is 6.12. The Labute approximate surface area is 121 Å². The third-order valence-corrected chi connectivity index (χ3v) is 5.39. The molecule has 0 radical (unpaired) electrons. The van der Waals surface area contributed by atoms with Crippen LogP contribution in [0.1, 0.15) is 49.8 Å². The van der Waals surface area contributed by atoms with Gasteiger partial charge in [0.2, 0.25) is 0 Å². The van der Waals surface area contributed by atoms with Gasteiger partial charge in [-0.15, -0.1) is 12.6 Å². The lowest BCUT2D eigenvalue weighted by Crippen LogP contribution is -2.37. The number of pyridine rings is 1. The molecule has 3 aliphatic carbocycles. The lowest BCUT2D eigenvalue weighted by molar-refractivity contribution is 0.136. The van der Waals surface area contributed by atoms with E-state index in [0.717, 1.165) is 17.2 Å². The fraction of sp³-hybridized carbons (Fsp3) is 0.471. The summed E-state index contributed by atoms with van der Waals surface area (Å²) in [6.45, 7) is 7.87. The summed E-state index contributed by atoms with van der Waals surface area (Å²) in [5.74, 6) is 0.996. The van der Waals surface area contributed by atoms with Crippen LogP contribution in [0.2, 0.25) is 0 Å². The second-order valence-corrected chi connectivity index (χ2v) is 6.66. The SMILES string of the molecule is C=C(S)C(=C)c1cc(C23CCC(CC2)CC3)ccn1. The molecule has 19 heavy (non-hydrogen) atoms. The van der Waals surface area contributed by atoms with Crippen LogP contribution >= 0.6 is 12.6 Å². The van der Waals surface area contributed by atoms with Gasteiger partial charge in [0.1, 0.15) is 0 Å². The largest absolute Gasteiger partial charge is 0.256 e. The van der Waals surface area contributed by atoms with E-state index in [9.17, 15) is 0 Å². The predicted octanol–water partition coefficient (Wildman–Crippen LogP) is 4.76. The Morgan fingerprint density at radius 2 is 1.84 bits per heavy atom. The highest BCUT2D eigenvalue weighted by atomic mass is 32.1. The van der Waals surface area contributed by atoms with Crippen LogP contribution < -0.4 is 0 Å². The van der Waals surface area contributed by atoms with Gasteiger partial charge in [0.25, 0.3) is 0 Å². The molecule has 0 N–H and O–H groups in total. The van der Waals surface area contributed by atoms with E-state index in [1.165, 1.54) is 44.1 Å². The summed E-state index contributed by atoms with van der Waals surface area (Å²) in [6, 6.07) is 4.42. The van der Waals surface area contributed by atoms with Crippen molar-refractivity contribution in [1.29, 1.82) is 0 Å². The number of thiol groups is 1. The lowest BCUT2D eigenvalue weighted by Gasteiger charge is -2.47. The molecule has 0 unspecified atom stereocenters. The van der Waals surface area contributed by atoms with Crippen molar-refractivity contribution in [2.75, 3.05) is 0 Å². The Hall–Kier alpha value is -1.02. The molecule has 0 atom stereocenters. The van der Waals surface area contributed by atoms with E-state index < -0.39 is 0 Å². The van der Waals surface area contributed by atoms with Gasteiger partial charge in [-0.1, -0.05) is 13.2 Å². The smallest absolute Gasteiger partial charge is 0.0709 e. The number of rotatable bonds is 3. The summed E-state index contributed by atoms with van der Waals surface area (Å²) >= 11 is 4.28. The number of fused-ring (bicyclic) bond motifs is 3. The maximum Gasteiger partial charge on any atom is 0.0709 e. The Morgan fingerprint density at radius 3 is 2.42 bits per heavy atom. The maximum absolute atomic E-state index is 4.42. The average molecular weight is 271 g/mol. The fourth-order valence-corrected chi connectivity index (χ4v) is 3.87. The number of aromatic nitrogens is 1. The van der Waals surface area contributed by atoms with E-state index in [1.54, 1.807) is 0 Å². The summed E-state index contributed by atoms with van der Waals surface area (Å²) in [6.07, 6.45) is 10.1. The lowest BCUT2D eigenvalue weighted by atomic mass is 9.58. The number of hydrogen-bond acceptors (Lipinski definition) is 2. The zero-order valence-electron chi connectivity index (χ0n) is 11.4. The van der Waals surface area contributed by atoms with Gasteiger partial charge in [0.05, 0.1) is 5.69 Å². The van der Waals surface area contributed by atoms with Gasteiger partial charge in [0.15, 0.2) is 0 Å². The van der Waals surface area contributed by atoms with Gasteiger partial charge in [-0.3, -0.25) is 4.98 Å². The molecule has 4 rings (SSSR count). The van der Waals surface area contributed by atoms with Crippen molar-refractivity contribution in [3.05, 3.63) is 47.6 Å². The summed E-state index contributed by atoms with van der Waals surface area (Å²) in [7, 11) is 0. The van der Waals surface area contributed by atoms with Crippen molar-refractivity contribution in [1.82, 2.24) is 4.98 Å². The Kier molecular flexibility index (Phi) is 3.30. The van der Waals surface area contributed by atoms with E-state index in [1.807, 2.05) is 6.20 Å². The van der Waals surface area contributed by atoms with E-state index in [0.29, 0.717) is 10.3 Å². The number of hydrogen-bond donors (Lipinski definition) is 1. The minimum atomic E-state index is 0.407. The molecule has 2 bridgehead atoms. The van der Waals surface area contributed by atoms with Gasteiger partial charge >= 0.3 is 0 Å². The maximum atomic E-state index is 4.42. The number of nitrogens with zero attached hydrogens (tertiary/aromatic N) is 1. The van der Waals surface area contributed by atoms with Gasteiger partial charge in [-0.2, -0.15) is 0 Å². The van der Waals surface area contributed by atoms with Crippen LogP contribution in [0.25, 0.3) is 5.57 Å². The molecule has 3 saturated carbocycles. The van der Waals surface area contributed by atoms with Gasteiger partial charge < -0.3 is 0 Å². The van der Waals surface area contributed by atoms with Crippen LogP contribution in [0, 0.1) is 5.92 Å². The van der Waals surface area contributed by atoms with Crippen LogP contribution in [0.5, 0.6) is 0 Å². The third-order valence-electron chi connectivity index (χ3n) is 5.12. The normalized spacial score (nSPS) is 29.2. The summed E-state index contributed by atoms with van der Waals surface area (Å²) in [5, 5.41) is 0. The molecule has 0 aliphatic heterocycles. The summed E-state index contributed by atoms with van der Waals surface area (Å²) in [4.78, 5) is 5.13. The van der Waals surface area contributed by atoms with E-state index in [2.05, 4.69) is 42.9 Å². The molecule has 100 valence electrons. The Bertz CT molecular complexity index is 510. The molecule has 1 aromatic heterocycles. The molecule has 3 fully saturated rings. The summed E-state index contributed by atoms with van der Waals surface area (Å²) < 4.78 is 0. The fourth-order valence-electron chi connectivity index (χ4n) is 3.76. The first-order chi connectivity index (χ1) is 9.11. The zero-order valence-corrected chi connectivity index (χ0v) is 12.3. The molecule has 2 heteroatoms. The van der Waals surface area contributed by atoms with Crippen LogP contribution in [-0.2, 0) is 5.41 Å². The predicted molar refractivity (Wildman–Crippen MR) is 84.3 cm³/mol.